The Morgan fingerprint density at radius 3 is 2.67 bits per heavy atom. The lowest BCUT2D eigenvalue weighted by molar-refractivity contribution is -0.132. The molecule has 0 radical (unpaired) electrons. The number of carbonyl (C=O) groups is 2. The Bertz CT molecular complexity index is 1110. The first-order valence-electron chi connectivity index (χ1n) is 8.30. The fourth-order valence-electron chi connectivity index (χ4n) is 3.27. The second-order valence-corrected chi connectivity index (χ2v) is 7.54. The summed E-state index contributed by atoms with van der Waals surface area (Å²) < 4.78 is 1.42. The SMILES string of the molecule is CC[C@@]1(c2ccc(Cl)cc2)NC(=O)N(Cc2cc(=O)n3ccsc3n2)C1=O. The number of amides is 3. The van der Waals surface area contributed by atoms with Gasteiger partial charge in [-0.25, -0.2) is 9.78 Å². The molecule has 0 saturated carbocycles. The highest BCUT2D eigenvalue weighted by atomic mass is 35.5. The summed E-state index contributed by atoms with van der Waals surface area (Å²) in [6, 6.07) is 7.66. The molecule has 1 saturated heterocycles. The van der Waals surface area contributed by atoms with Crippen LogP contribution in [0, 0.1) is 0 Å². The molecule has 7 nitrogen and oxygen atoms in total. The Labute approximate surface area is 163 Å². The summed E-state index contributed by atoms with van der Waals surface area (Å²) in [6.45, 7) is 1.77. The van der Waals surface area contributed by atoms with Crippen LogP contribution in [0.15, 0.2) is 46.7 Å². The van der Waals surface area contributed by atoms with Crippen LogP contribution in [0.25, 0.3) is 4.96 Å². The van der Waals surface area contributed by atoms with Gasteiger partial charge in [-0.3, -0.25) is 18.9 Å². The minimum absolute atomic E-state index is 0.0658. The fraction of sp³-hybridized carbons (Fsp3) is 0.222. The van der Waals surface area contributed by atoms with Gasteiger partial charge in [-0.05, 0) is 24.1 Å². The minimum atomic E-state index is -1.15. The molecule has 0 unspecified atom stereocenters. The first-order valence-corrected chi connectivity index (χ1v) is 9.56. The van der Waals surface area contributed by atoms with Gasteiger partial charge >= 0.3 is 6.03 Å². The number of carbonyl (C=O) groups excluding carboxylic acids is 2. The molecule has 9 heteroatoms. The van der Waals surface area contributed by atoms with Gasteiger partial charge in [-0.15, -0.1) is 11.3 Å². The number of hydrogen-bond acceptors (Lipinski definition) is 5. The number of aromatic nitrogens is 2. The molecule has 1 aliphatic heterocycles. The molecule has 1 N–H and O–H groups in total. The van der Waals surface area contributed by atoms with E-state index in [9.17, 15) is 14.4 Å². The monoisotopic (exact) mass is 402 g/mol. The van der Waals surface area contributed by atoms with Crippen molar-refractivity contribution in [1.29, 1.82) is 0 Å². The molecule has 1 aliphatic rings. The number of benzene rings is 1. The van der Waals surface area contributed by atoms with Crippen molar-refractivity contribution in [3.8, 4) is 0 Å². The number of nitrogens with zero attached hydrogens (tertiary/aromatic N) is 3. The lowest BCUT2D eigenvalue weighted by Gasteiger charge is -2.25. The Morgan fingerprint density at radius 1 is 1.22 bits per heavy atom. The standard InChI is InChI=1S/C18H15ClN4O3S/c1-2-18(11-3-5-12(19)6-4-11)15(25)23(16(26)21-18)10-13-9-14(24)22-7-8-27-17(22)20-13/h3-9H,2,10H2,1H3,(H,21,26)/t18-/m0/s1. The van der Waals surface area contributed by atoms with Gasteiger partial charge in [0.15, 0.2) is 4.96 Å². The van der Waals surface area contributed by atoms with Crippen molar-refractivity contribution < 1.29 is 9.59 Å². The molecule has 1 aromatic carbocycles. The van der Waals surface area contributed by atoms with Crippen molar-refractivity contribution in [2.75, 3.05) is 0 Å². The number of imide groups is 1. The molecule has 138 valence electrons. The van der Waals surface area contributed by atoms with Gasteiger partial charge in [0.05, 0.1) is 12.2 Å². The first-order chi connectivity index (χ1) is 12.9. The highest BCUT2D eigenvalue weighted by Gasteiger charge is 2.51. The minimum Gasteiger partial charge on any atom is -0.319 e. The van der Waals surface area contributed by atoms with E-state index in [0.29, 0.717) is 27.7 Å². The van der Waals surface area contributed by atoms with E-state index in [-0.39, 0.29) is 18.0 Å². The summed E-state index contributed by atoms with van der Waals surface area (Å²) >= 11 is 7.25. The summed E-state index contributed by atoms with van der Waals surface area (Å²) in [6.07, 6.45) is 2.02. The number of thiazole rings is 1. The normalized spacial score (nSPS) is 19.7. The van der Waals surface area contributed by atoms with Gasteiger partial charge < -0.3 is 5.32 Å². The van der Waals surface area contributed by atoms with Crippen molar-refractivity contribution >= 4 is 39.8 Å². The maximum Gasteiger partial charge on any atom is 0.325 e. The number of fused-ring (bicyclic) bond motifs is 1. The van der Waals surface area contributed by atoms with Crippen LogP contribution < -0.4 is 10.9 Å². The van der Waals surface area contributed by atoms with Crippen molar-refractivity contribution in [3.63, 3.8) is 0 Å². The number of hydrogen-bond donors (Lipinski definition) is 1. The summed E-state index contributed by atoms with van der Waals surface area (Å²) in [5.41, 5.74) is -0.363. The summed E-state index contributed by atoms with van der Waals surface area (Å²) in [7, 11) is 0. The molecule has 4 rings (SSSR count). The fourth-order valence-corrected chi connectivity index (χ4v) is 4.14. The van der Waals surface area contributed by atoms with E-state index < -0.39 is 11.6 Å². The number of halogens is 1. The molecule has 3 heterocycles. The van der Waals surface area contributed by atoms with Crippen LogP contribution in [-0.4, -0.2) is 26.2 Å². The number of urea groups is 1. The number of nitrogens with one attached hydrogen (secondary N) is 1. The third-order valence-electron chi connectivity index (χ3n) is 4.72. The van der Waals surface area contributed by atoms with Crippen LogP contribution >= 0.6 is 22.9 Å². The average molecular weight is 403 g/mol. The van der Waals surface area contributed by atoms with Crippen molar-refractivity contribution in [3.05, 3.63) is 68.5 Å². The van der Waals surface area contributed by atoms with Crippen LogP contribution in [0.2, 0.25) is 5.02 Å². The quantitative estimate of drug-likeness (QED) is 0.680. The predicted octanol–water partition coefficient (Wildman–Crippen LogP) is 2.77. The van der Waals surface area contributed by atoms with Gasteiger partial charge in [0.2, 0.25) is 0 Å². The average Bonchev–Trinajstić information content (AvgIpc) is 3.21. The zero-order valence-electron chi connectivity index (χ0n) is 14.3. The van der Waals surface area contributed by atoms with Gasteiger partial charge in [-0.2, -0.15) is 0 Å². The highest BCUT2D eigenvalue weighted by Crippen LogP contribution is 2.33. The van der Waals surface area contributed by atoms with Crippen molar-refractivity contribution in [2.45, 2.75) is 25.4 Å². The summed E-state index contributed by atoms with van der Waals surface area (Å²) in [5, 5.41) is 5.11. The van der Waals surface area contributed by atoms with Crippen molar-refractivity contribution in [1.82, 2.24) is 19.6 Å². The van der Waals surface area contributed by atoms with Crippen LogP contribution in [0.1, 0.15) is 24.6 Å². The van der Waals surface area contributed by atoms with Crippen LogP contribution in [0.5, 0.6) is 0 Å². The van der Waals surface area contributed by atoms with Crippen LogP contribution in [-0.2, 0) is 16.9 Å². The van der Waals surface area contributed by atoms with E-state index in [1.807, 2.05) is 6.92 Å². The first kappa shape index (κ1) is 17.7. The molecule has 2 aromatic heterocycles. The van der Waals surface area contributed by atoms with Gasteiger partial charge in [-0.1, -0.05) is 30.7 Å². The molecule has 3 aromatic rings. The topological polar surface area (TPSA) is 83.8 Å². The van der Waals surface area contributed by atoms with Gasteiger partial charge in [0.1, 0.15) is 5.54 Å². The van der Waals surface area contributed by atoms with Crippen LogP contribution in [0.3, 0.4) is 0 Å². The zero-order chi connectivity index (χ0) is 19.2. The molecular weight excluding hydrogens is 388 g/mol. The molecule has 0 aliphatic carbocycles. The van der Waals surface area contributed by atoms with E-state index in [1.54, 1.807) is 35.8 Å². The Kier molecular flexibility index (Phi) is 4.24. The predicted molar refractivity (Wildman–Crippen MR) is 102 cm³/mol. The van der Waals surface area contributed by atoms with E-state index in [0.717, 1.165) is 4.90 Å². The second-order valence-electron chi connectivity index (χ2n) is 6.23. The molecule has 3 amide bonds. The second kappa shape index (κ2) is 6.47. The third kappa shape index (κ3) is 2.81. The summed E-state index contributed by atoms with van der Waals surface area (Å²) in [4.78, 5) is 43.9. The largest absolute Gasteiger partial charge is 0.325 e. The Hall–Kier alpha value is -2.71. The van der Waals surface area contributed by atoms with E-state index >= 15 is 0 Å². The zero-order valence-corrected chi connectivity index (χ0v) is 15.9. The molecular formula is C18H15ClN4O3S. The maximum atomic E-state index is 13.2. The molecule has 0 bridgehead atoms. The van der Waals surface area contributed by atoms with Gasteiger partial charge in [0, 0.05) is 22.7 Å². The molecule has 1 atom stereocenters. The molecule has 27 heavy (non-hydrogen) atoms. The smallest absolute Gasteiger partial charge is 0.319 e. The van der Waals surface area contributed by atoms with E-state index in [2.05, 4.69) is 10.3 Å². The molecule has 1 fully saturated rings. The van der Waals surface area contributed by atoms with Crippen molar-refractivity contribution in [2.24, 2.45) is 0 Å². The lowest BCUT2D eigenvalue weighted by Crippen LogP contribution is -2.43. The maximum absolute atomic E-state index is 13.2. The number of rotatable bonds is 4. The third-order valence-corrected chi connectivity index (χ3v) is 5.73. The Morgan fingerprint density at radius 2 is 1.96 bits per heavy atom. The lowest BCUT2D eigenvalue weighted by atomic mass is 9.87. The molecule has 0 spiro atoms. The van der Waals surface area contributed by atoms with Gasteiger partial charge in [0.25, 0.3) is 11.5 Å². The summed E-state index contributed by atoms with van der Waals surface area (Å²) in [5.74, 6) is -0.370. The Balaban J connectivity index is 1.69. The van der Waals surface area contributed by atoms with Crippen LogP contribution in [0.4, 0.5) is 4.79 Å². The highest BCUT2D eigenvalue weighted by molar-refractivity contribution is 7.15. The van der Waals surface area contributed by atoms with E-state index in [1.165, 1.54) is 21.8 Å². The van der Waals surface area contributed by atoms with E-state index in [4.69, 9.17) is 11.6 Å².